The molecule has 0 bridgehead atoms. The zero-order valence-corrected chi connectivity index (χ0v) is 22.9. The number of hydrogen-bond donors (Lipinski definition) is 2. The fourth-order valence-corrected chi connectivity index (χ4v) is 3.26. The molecule has 0 amide bonds. The third-order valence-electron chi connectivity index (χ3n) is 5.19. The van der Waals surface area contributed by atoms with Crippen molar-refractivity contribution in [1.82, 2.24) is 0 Å². The molecular formula is C28H38O12. The molecule has 12 nitrogen and oxygen atoms in total. The average Bonchev–Trinajstić information content (AvgIpc) is 2.97. The summed E-state index contributed by atoms with van der Waals surface area (Å²) in [6, 6.07) is 8.39. The molecule has 0 heterocycles. The van der Waals surface area contributed by atoms with E-state index in [1.54, 1.807) is 6.07 Å². The molecule has 0 aromatic heterocycles. The molecule has 12 heteroatoms. The van der Waals surface area contributed by atoms with E-state index in [0.717, 1.165) is 0 Å². The summed E-state index contributed by atoms with van der Waals surface area (Å²) in [4.78, 5) is 25.6. The number of rotatable bonds is 23. The highest BCUT2D eigenvalue weighted by atomic mass is 16.6. The maximum Gasteiger partial charge on any atom is 0.233 e. The van der Waals surface area contributed by atoms with Crippen molar-refractivity contribution in [3.63, 3.8) is 0 Å². The van der Waals surface area contributed by atoms with Crippen molar-refractivity contribution in [1.29, 1.82) is 0 Å². The van der Waals surface area contributed by atoms with Gasteiger partial charge in [-0.25, -0.2) is 0 Å². The van der Waals surface area contributed by atoms with E-state index in [1.807, 2.05) is 0 Å². The lowest BCUT2D eigenvalue weighted by molar-refractivity contribution is -0.0146. The molecule has 0 radical (unpaired) electrons. The summed E-state index contributed by atoms with van der Waals surface area (Å²) >= 11 is 0. The van der Waals surface area contributed by atoms with Gasteiger partial charge in [-0.15, -0.1) is 0 Å². The first-order chi connectivity index (χ1) is 19.5. The Morgan fingerprint density at radius 1 is 0.550 bits per heavy atom. The molecular weight excluding hydrogens is 528 g/mol. The van der Waals surface area contributed by atoms with Crippen molar-refractivity contribution in [2.45, 2.75) is 0 Å². The highest BCUT2D eigenvalue weighted by Gasteiger charge is 2.21. The quantitative estimate of drug-likeness (QED) is 0.115. The van der Waals surface area contributed by atoms with Crippen LogP contribution in [0.2, 0.25) is 0 Å². The summed E-state index contributed by atoms with van der Waals surface area (Å²) in [6.07, 6.45) is 0. The van der Waals surface area contributed by atoms with Crippen LogP contribution in [0.15, 0.2) is 36.4 Å². The van der Waals surface area contributed by atoms with Gasteiger partial charge in [-0.05, 0) is 24.3 Å². The minimum atomic E-state index is -0.815. The maximum atomic E-state index is 12.8. The Labute approximate surface area is 233 Å². The fourth-order valence-electron chi connectivity index (χ4n) is 3.26. The third kappa shape index (κ3) is 12.7. The Morgan fingerprint density at radius 3 is 1.40 bits per heavy atom. The largest absolute Gasteiger partial charge is 0.508 e. The standard InChI is InChI=1S/C28H38O12/c1-33-24-16-22(17-25(20-24)34-2)28(32)27(31)21-15-23(30)19-26(18-21)40-14-13-39-12-11-38-10-9-37-8-7-36-6-5-35-4-3-29/h15-20,29-30H,3-14H2,1-2H3. The minimum absolute atomic E-state index is 0.000904. The predicted octanol–water partition coefficient (Wildman–Crippen LogP) is 1.93. The number of carbonyl (C=O) groups is 2. The highest BCUT2D eigenvalue weighted by Crippen LogP contribution is 2.26. The van der Waals surface area contributed by atoms with Crippen LogP contribution in [0.25, 0.3) is 0 Å². The first-order valence-corrected chi connectivity index (χ1v) is 12.8. The fraction of sp³-hybridized carbons (Fsp3) is 0.500. The van der Waals surface area contributed by atoms with Crippen LogP contribution < -0.4 is 14.2 Å². The molecule has 0 aliphatic rings. The molecule has 2 aromatic carbocycles. The van der Waals surface area contributed by atoms with E-state index in [0.29, 0.717) is 71.0 Å². The smallest absolute Gasteiger partial charge is 0.233 e. The van der Waals surface area contributed by atoms with Crippen molar-refractivity contribution in [3.8, 4) is 23.0 Å². The topological polar surface area (TPSA) is 148 Å². The van der Waals surface area contributed by atoms with Gasteiger partial charge in [0, 0.05) is 23.3 Å². The number of benzene rings is 2. The van der Waals surface area contributed by atoms with Crippen LogP contribution in [0.5, 0.6) is 23.0 Å². The molecule has 2 N–H and O–H groups in total. The normalized spacial score (nSPS) is 10.9. The Kier molecular flexibility index (Phi) is 16.3. The van der Waals surface area contributed by atoms with Gasteiger partial charge in [0.1, 0.15) is 29.6 Å². The Bertz CT molecular complexity index is 1000. The van der Waals surface area contributed by atoms with Gasteiger partial charge in [0.2, 0.25) is 11.6 Å². The summed E-state index contributed by atoms with van der Waals surface area (Å²) in [5, 5.41) is 18.6. The zero-order valence-electron chi connectivity index (χ0n) is 22.9. The molecule has 0 fully saturated rings. The molecule has 0 atom stereocenters. The van der Waals surface area contributed by atoms with Crippen LogP contribution >= 0.6 is 0 Å². The number of ether oxygens (including phenoxy) is 8. The lowest BCUT2D eigenvalue weighted by atomic mass is 10.0. The molecule has 0 saturated carbocycles. The number of phenols is 1. The van der Waals surface area contributed by atoms with Crippen LogP contribution in [0.4, 0.5) is 0 Å². The number of Topliss-reactive ketones (excluding diaryl/α,β-unsaturated/α-hetero) is 2. The number of methoxy groups -OCH3 is 2. The summed E-state index contributed by atoms with van der Waals surface area (Å²) in [5.41, 5.74) is 0.0805. The summed E-state index contributed by atoms with van der Waals surface area (Å²) in [7, 11) is 2.88. The van der Waals surface area contributed by atoms with Crippen LogP contribution in [-0.4, -0.2) is 115 Å². The Balaban J connectivity index is 1.62. The van der Waals surface area contributed by atoms with Gasteiger partial charge in [-0.1, -0.05) is 0 Å². The SMILES string of the molecule is COc1cc(OC)cc(C(=O)C(=O)c2cc(O)cc(OCCOCCOCCOCCOCCOCCO)c2)c1. The number of ketones is 2. The molecule has 0 aliphatic heterocycles. The molecule has 40 heavy (non-hydrogen) atoms. The van der Waals surface area contributed by atoms with Gasteiger partial charge in [-0.3, -0.25) is 9.59 Å². The van der Waals surface area contributed by atoms with Crippen molar-refractivity contribution < 1.29 is 57.7 Å². The van der Waals surface area contributed by atoms with Crippen LogP contribution in [0.3, 0.4) is 0 Å². The van der Waals surface area contributed by atoms with Crippen LogP contribution in [0, 0.1) is 0 Å². The molecule has 0 spiro atoms. The van der Waals surface area contributed by atoms with Crippen molar-refractivity contribution in [3.05, 3.63) is 47.5 Å². The van der Waals surface area contributed by atoms with E-state index in [9.17, 15) is 14.7 Å². The lowest BCUT2D eigenvalue weighted by Crippen LogP contribution is -2.15. The molecule has 0 aliphatic carbocycles. The van der Waals surface area contributed by atoms with E-state index >= 15 is 0 Å². The third-order valence-corrected chi connectivity index (χ3v) is 5.19. The number of hydrogen-bond acceptors (Lipinski definition) is 12. The van der Waals surface area contributed by atoms with Gasteiger partial charge in [0.05, 0.1) is 86.9 Å². The first-order valence-electron chi connectivity index (χ1n) is 12.8. The van der Waals surface area contributed by atoms with Gasteiger partial charge < -0.3 is 48.1 Å². The lowest BCUT2D eigenvalue weighted by Gasteiger charge is -2.10. The molecule has 2 aromatic rings. The monoisotopic (exact) mass is 566 g/mol. The Hall–Kier alpha value is -3.26. The van der Waals surface area contributed by atoms with Crippen molar-refractivity contribution in [2.24, 2.45) is 0 Å². The van der Waals surface area contributed by atoms with E-state index in [2.05, 4.69) is 0 Å². The minimum Gasteiger partial charge on any atom is -0.508 e. The van der Waals surface area contributed by atoms with E-state index < -0.39 is 11.6 Å². The summed E-state index contributed by atoms with van der Waals surface area (Å²) < 4.78 is 42.5. The molecule has 2 rings (SSSR count). The summed E-state index contributed by atoms with van der Waals surface area (Å²) in [6.45, 7) is 4.08. The molecule has 222 valence electrons. The van der Waals surface area contributed by atoms with Crippen molar-refractivity contribution >= 4 is 11.6 Å². The average molecular weight is 567 g/mol. The second-order valence-corrected chi connectivity index (χ2v) is 8.11. The highest BCUT2D eigenvalue weighted by molar-refractivity contribution is 6.49. The number of phenolic OH excluding ortho intramolecular Hbond substituents is 1. The number of aliphatic hydroxyl groups is 1. The second kappa shape index (κ2) is 19.7. The predicted molar refractivity (Wildman–Crippen MR) is 143 cm³/mol. The van der Waals surface area contributed by atoms with Crippen LogP contribution in [0.1, 0.15) is 20.7 Å². The maximum absolute atomic E-state index is 12.8. The second-order valence-electron chi connectivity index (χ2n) is 8.11. The van der Waals surface area contributed by atoms with Gasteiger partial charge >= 0.3 is 0 Å². The number of aromatic hydroxyl groups is 1. The number of aliphatic hydroxyl groups excluding tert-OH is 1. The zero-order chi connectivity index (χ0) is 29.0. The van der Waals surface area contributed by atoms with Crippen LogP contribution in [-0.2, 0) is 23.7 Å². The van der Waals surface area contributed by atoms with E-state index in [-0.39, 0.29) is 42.4 Å². The van der Waals surface area contributed by atoms with Crippen molar-refractivity contribution in [2.75, 3.05) is 93.5 Å². The molecule has 0 unspecified atom stereocenters. The van der Waals surface area contributed by atoms with Gasteiger partial charge in [0.25, 0.3) is 0 Å². The van der Waals surface area contributed by atoms with Gasteiger partial charge in [0.15, 0.2) is 0 Å². The number of carbonyl (C=O) groups excluding carboxylic acids is 2. The Morgan fingerprint density at radius 2 is 0.950 bits per heavy atom. The first kappa shape index (κ1) is 32.9. The van der Waals surface area contributed by atoms with E-state index in [4.69, 9.17) is 43.0 Å². The van der Waals surface area contributed by atoms with E-state index in [1.165, 1.54) is 44.6 Å². The summed E-state index contributed by atoms with van der Waals surface area (Å²) in [5.74, 6) is -0.854. The van der Waals surface area contributed by atoms with Gasteiger partial charge in [-0.2, -0.15) is 0 Å². The molecule has 0 saturated heterocycles.